The Morgan fingerprint density at radius 3 is 2.38 bits per heavy atom. The number of alkyl halides is 1. The highest BCUT2D eigenvalue weighted by atomic mass is 35.5. The van der Waals surface area contributed by atoms with Crippen LogP contribution in [0, 0.1) is 0 Å². The van der Waals surface area contributed by atoms with E-state index in [9.17, 15) is 9.82 Å². The number of rotatable bonds is 6. The average molecular weight is 420 g/mol. The Morgan fingerprint density at radius 2 is 1.76 bits per heavy atom. The number of halogens is 1. The number of carbonyl (C=O) groups excluding carboxylic acids is 1. The van der Waals surface area contributed by atoms with Crippen LogP contribution in [0.1, 0.15) is 57.8 Å². The molecule has 3 rings (SSSR count). The highest BCUT2D eigenvalue weighted by Gasteiger charge is 2.32. The van der Waals surface area contributed by atoms with Crippen molar-refractivity contribution in [3.8, 4) is 0 Å². The molecule has 0 spiro atoms. The van der Waals surface area contributed by atoms with Gasteiger partial charge in [-0.3, -0.25) is 4.79 Å². The normalized spacial score (nSPS) is 20.0. The van der Waals surface area contributed by atoms with Gasteiger partial charge in [0.2, 0.25) is 5.91 Å². The molecular weight excluding hydrogens is 385 g/mol. The standard InChI is InChI=1S/C22H35BClN3O2/c1-23(29)25-20-11-7-8-12-21(20)27(22(28)17-24)19-13-15-26(16-14-19)18-9-5-3-2-4-6-10-18/h7-8,11-12,18-19,25,29H,2-6,9-10,13-17H2,1H3. The zero-order valence-electron chi connectivity index (χ0n) is 17.7. The molecule has 0 aromatic heterocycles. The number of nitrogens with zero attached hydrogens (tertiary/aromatic N) is 2. The molecule has 5 nitrogen and oxygen atoms in total. The molecular formula is C22H35BClN3O2. The maximum Gasteiger partial charge on any atom is 0.406 e. The van der Waals surface area contributed by atoms with E-state index in [1.54, 1.807) is 6.82 Å². The van der Waals surface area contributed by atoms with Gasteiger partial charge in [0.05, 0.1) is 5.69 Å². The van der Waals surface area contributed by atoms with Crippen molar-refractivity contribution in [1.82, 2.24) is 4.90 Å². The Balaban J connectivity index is 1.71. The Morgan fingerprint density at radius 1 is 1.14 bits per heavy atom. The van der Waals surface area contributed by atoms with Crippen molar-refractivity contribution in [3.63, 3.8) is 0 Å². The smallest absolute Gasteiger partial charge is 0.406 e. The third kappa shape index (κ3) is 6.13. The van der Waals surface area contributed by atoms with Crippen LogP contribution in [0.3, 0.4) is 0 Å². The van der Waals surface area contributed by atoms with Crippen LogP contribution in [-0.4, -0.2) is 53.9 Å². The van der Waals surface area contributed by atoms with Crippen molar-refractivity contribution in [2.75, 3.05) is 29.1 Å². The van der Waals surface area contributed by atoms with Crippen LogP contribution >= 0.6 is 11.6 Å². The zero-order chi connectivity index (χ0) is 20.6. The fourth-order valence-corrected chi connectivity index (χ4v) is 5.07. The minimum Gasteiger partial charge on any atom is -0.433 e. The van der Waals surface area contributed by atoms with E-state index in [2.05, 4.69) is 10.1 Å². The molecule has 2 fully saturated rings. The van der Waals surface area contributed by atoms with Crippen molar-refractivity contribution in [2.45, 2.75) is 76.7 Å². The second kappa shape index (κ2) is 11.2. The first-order chi connectivity index (χ1) is 14.1. The third-order valence-electron chi connectivity index (χ3n) is 6.37. The quantitative estimate of drug-likeness (QED) is 0.531. The van der Waals surface area contributed by atoms with Crippen LogP contribution in [-0.2, 0) is 4.79 Å². The van der Waals surface area contributed by atoms with Crippen molar-refractivity contribution >= 4 is 35.9 Å². The number of anilines is 2. The average Bonchev–Trinajstić information content (AvgIpc) is 2.69. The molecule has 1 saturated carbocycles. The summed E-state index contributed by atoms with van der Waals surface area (Å²) < 4.78 is 0. The second-order valence-electron chi connectivity index (χ2n) is 8.50. The number of benzene rings is 1. The summed E-state index contributed by atoms with van der Waals surface area (Å²) in [6, 6.07) is 8.53. The van der Waals surface area contributed by atoms with E-state index in [0.717, 1.165) is 37.3 Å². The highest BCUT2D eigenvalue weighted by molar-refractivity contribution is 6.53. The summed E-state index contributed by atoms with van der Waals surface area (Å²) in [5.74, 6) is -0.109. The van der Waals surface area contributed by atoms with Crippen LogP contribution in [0.5, 0.6) is 0 Å². The van der Waals surface area contributed by atoms with Gasteiger partial charge in [0.25, 0.3) is 0 Å². The number of hydrogen-bond acceptors (Lipinski definition) is 4. The van der Waals surface area contributed by atoms with Gasteiger partial charge in [-0.25, -0.2) is 0 Å². The first-order valence-corrected chi connectivity index (χ1v) is 11.8. The predicted molar refractivity (Wildman–Crippen MR) is 123 cm³/mol. The van der Waals surface area contributed by atoms with Gasteiger partial charge >= 0.3 is 7.05 Å². The lowest BCUT2D eigenvalue weighted by Gasteiger charge is -2.42. The molecule has 1 aromatic rings. The molecule has 0 atom stereocenters. The second-order valence-corrected chi connectivity index (χ2v) is 8.77. The van der Waals surface area contributed by atoms with Gasteiger partial charge in [0, 0.05) is 30.9 Å². The molecule has 7 heteroatoms. The van der Waals surface area contributed by atoms with Gasteiger partial charge in [-0.05, 0) is 44.6 Å². The topological polar surface area (TPSA) is 55.8 Å². The molecule has 0 radical (unpaired) electrons. The number of amides is 1. The van der Waals surface area contributed by atoms with Gasteiger partial charge < -0.3 is 20.1 Å². The van der Waals surface area contributed by atoms with Gasteiger partial charge in [0.15, 0.2) is 0 Å². The van der Waals surface area contributed by atoms with E-state index in [4.69, 9.17) is 11.6 Å². The molecule has 1 amide bonds. The van der Waals surface area contributed by atoms with E-state index >= 15 is 0 Å². The fourth-order valence-electron chi connectivity index (χ4n) is 4.94. The van der Waals surface area contributed by atoms with E-state index in [1.807, 2.05) is 29.2 Å². The maximum atomic E-state index is 12.8. The summed E-state index contributed by atoms with van der Waals surface area (Å²) in [7, 11) is -0.690. The van der Waals surface area contributed by atoms with E-state index in [0.29, 0.717) is 6.04 Å². The predicted octanol–water partition coefficient (Wildman–Crippen LogP) is 4.36. The van der Waals surface area contributed by atoms with Gasteiger partial charge in [-0.1, -0.05) is 44.2 Å². The molecule has 2 N–H and O–H groups in total. The molecule has 160 valence electrons. The third-order valence-corrected chi connectivity index (χ3v) is 6.59. The molecule has 29 heavy (non-hydrogen) atoms. The molecule has 2 aliphatic rings. The molecule has 0 bridgehead atoms. The Bertz CT molecular complexity index is 645. The van der Waals surface area contributed by atoms with Gasteiger partial charge in [-0.15, -0.1) is 11.6 Å². The van der Waals surface area contributed by atoms with Crippen LogP contribution in [0.15, 0.2) is 24.3 Å². The number of likely N-dealkylation sites (tertiary alicyclic amines) is 1. The number of piperidine rings is 1. The summed E-state index contributed by atoms with van der Waals surface area (Å²) in [5.41, 5.74) is 1.58. The summed E-state index contributed by atoms with van der Waals surface area (Å²) in [5, 5.41) is 12.8. The van der Waals surface area contributed by atoms with Gasteiger partial charge in [-0.2, -0.15) is 0 Å². The highest BCUT2D eigenvalue weighted by Crippen LogP contribution is 2.32. The van der Waals surface area contributed by atoms with Crippen molar-refractivity contribution in [2.24, 2.45) is 0 Å². The lowest BCUT2D eigenvalue weighted by atomic mass is 9.88. The monoisotopic (exact) mass is 419 g/mol. The van der Waals surface area contributed by atoms with Crippen molar-refractivity contribution in [1.29, 1.82) is 0 Å². The Hall–Kier alpha value is -1.24. The van der Waals surface area contributed by atoms with E-state index in [-0.39, 0.29) is 17.8 Å². The van der Waals surface area contributed by atoms with E-state index in [1.165, 1.54) is 44.9 Å². The first kappa shape index (κ1) is 22.5. The summed E-state index contributed by atoms with van der Waals surface area (Å²) in [6.45, 7) is 3.75. The Kier molecular flexibility index (Phi) is 8.70. The van der Waals surface area contributed by atoms with Crippen molar-refractivity contribution < 1.29 is 9.82 Å². The van der Waals surface area contributed by atoms with Crippen LogP contribution in [0.2, 0.25) is 6.82 Å². The maximum absolute atomic E-state index is 12.8. The van der Waals surface area contributed by atoms with E-state index < -0.39 is 7.05 Å². The minimum atomic E-state index is -0.690. The molecule has 1 saturated heterocycles. The summed E-state index contributed by atoms with van der Waals surface area (Å²) >= 11 is 5.99. The summed E-state index contributed by atoms with van der Waals surface area (Å²) in [6.07, 6.45) is 11.4. The number of nitrogens with one attached hydrogen (secondary N) is 1. The fraction of sp³-hybridized carbons (Fsp3) is 0.682. The van der Waals surface area contributed by atoms with Gasteiger partial charge in [0.1, 0.15) is 5.88 Å². The first-order valence-electron chi connectivity index (χ1n) is 11.3. The molecule has 0 unspecified atom stereocenters. The molecule has 1 heterocycles. The lowest BCUT2D eigenvalue weighted by Crippen LogP contribution is -2.50. The zero-order valence-corrected chi connectivity index (χ0v) is 18.4. The number of hydrogen-bond donors (Lipinski definition) is 2. The Labute approximate surface area is 180 Å². The molecule has 1 aromatic carbocycles. The largest absolute Gasteiger partial charge is 0.433 e. The molecule has 1 aliphatic carbocycles. The van der Waals surface area contributed by atoms with Crippen molar-refractivity contribution in [3.05, 3.63) is 24.3 Å². The van der Waals surface area contributed by atoms with Crippen LogP contribution in [0.4, 0.5) is 11.4 Å². The lowest BCUT2D eigenvalue weighted by molar-refractivity contribution is -0.117. The SMILES string of the molecule is CB(O)Nc1ccccc1N(C(=O)CCl)C1CCN(C2CCCCCCC2)CC1. The van der Waals surface area contributed by atoms with Crippen LogP contribution in [0.25, 0.3) is 0 Å². The number of carbonyl (C=O) groups is 1. The molecule has 1 aliphatic heterocycles. The minimum absolute atomic E-state index is 0.0359. The van der Waals surface area contributed by atoms with Crippen LogP contribution < -0.4 is 10.1 Å². The summed E-state index contributed by atoms with van der Waals surface area (Å²) in [4.78, 5) is 17.3. The number of para-hydroxylation sites is 2.